The fourth-order valence-electron chi connectivity index (χ4n) is 2.35. The Morgan fingerprint density at radius 1 is 1.57 bits per heavy atom. The third-order valence-corrected chi connectivity index (χ3v) is 3.91. The summed E-state index contributed by atoms with van der Waals surface area (Å²) in [4.78, 5) is 0.710. The topological polar surface area (TPSA) is 17.8 Å². The van der Waals surface area contributed by atoms with Crippen molar-refractivity contribution in [2.24, 2.45) is 0 Å². The molecule has 2 atom stereocenters. The lowest BCUT2D eigenvalue weighted by molar-refractivity contribution is 0.429. The van der Waals surface area contributed by atoms with E-state index in [4.69, 9.17) is 0 Å². The summed E-state index contributed by atoms with van der Waals surface area (Å²) in [5.74, 6) is 0.718. The fourth-order valence-corrected chi connectivity index (χ4v) is 3.13. The van der Waals surface area contributed by atoms with Gasteiger partial charge in [0.25, 0.3) is 0 Å². The third-order valence-electron chi connectivity index (χ3n) is 3.08. The number of hydrogen-bond acceptors (Lipinski definition) is 1. The van der Waals surface area contributed by atoms with Gasteiger partial charge < -0.3 is 0 Å². The van der Waals surface area contributed by atoms with E-state index < -0.39 is 0 Å². The van der Waals surface area contributed by atoms with Crippen molar-refractivity contribution < 1.29 is 0 Å². The van der Waals surface area contributed by atoms with Crippen LogP contribution in [-0.4, -0.2) is 14.6 Å². The van der Waals surface area contributed by atoms with Gasteiger partial charge in [0, 0.05) is 29.2 Å². The summed E-state index contributed by atoms with van der Waals surface area (Å²) in [6.45, 7) is 3.15. The predicted octanol–water partition coefficient (Wildman–Crippen LogP) is 3.32. The van der Waals surface area contributed by atoms with Crippen molar-refractivity contribution in [2.75, 3.05) is 0 Å². The Morgan fingerprint density at radius 3 is 3.14 bits per heavy atom. The van der Waals surface area contributed by atoms with Crippen LogP contribution in [0.25, 0.3) is 0 Å². The van der Waals surface area contributed by atoms with Crippen molar-refractivity contribution in [1.29, 1.82) is 0 Å². The maximum absolute atomic E-state index is 4.34. The molecule has 1 aliphatic rings. The number of aryl methyl sites for hydroxylation is 1. The summed E-state index contributed by atoms with van der Waals surface area (Å²) in [6, 6.07) is 2.18. The molecule has 0 radical (unpaired) electrons. The fraction of sp³-hybridized carbons (Fsp3) is 0.727. The zero-order chi connectivity index (χ0) is 9.97. The van der Waals surface area contributed by atoms with Gasteiger partial charge in [-0.05, 0) is 32.3 Å². The molecule has 0 N–H and O–H groups in total. The molecule has 0 bridgehead atoms. The molecule has 78 valence electrons. The molecule has 1 aromatic heterocycles. The molecule has 1 aromatic rings. The van der Waals surface area contributed by atoms with Gasteiger partial charge in [-0.1, -0.05) is 22.4 Å². The van der Waals surface area contributed by atoms with E-state index in [2.05, 4.69) is 38.7 Å². The van der Waals surface area contributed by atoms with Crippen molar-refractivity contribution >= 4 is 15.9 Å². The molecule has 0 aliphatic heterocycles. The van der Waals surface area contributed by atoms with Crippen LogP contribution < -0.4 is 0 Å². The van der Waals surface area contributed by atoms with Crippen LogP contribution in [0.5, 0.6) is 0 Å². The van der Waals surface area contributed by atoms with E-state index in [0.29, 0.717) is 4.83 Å². The van der Waals surface area contributed by atoms with Gasteiger partial charge in [0.05, 0.1) is 0 Å². The van der Waals surface area contributed by atoms with Crippen molar-refractivity contribution in [3.8, 4) is 0 Å². The molecule has 0 saturated heterocycles. The van der Waals surface area contributed by atoms with Gasteiger partial charge in [-0.3, -0.25) is 4.68 Å². The second-order valence-corrected chi connectivity index (χ2v) is 5.33. The van der Waals surface area contributed by atoms with Crippen LogP contribution in [0.4, 0.5) is 0 Å². The lowest BCUT2D eigenvalue weighted by Gasteiger charge is -2.26. The van der Waals surface area contributed by atoms with Crippen molar-refractivity contribution in [3.05, 3.63) is 18.0 Å². The summed E-state index contributed by atoms with van der Waals surface area (Å²) in [5, 5.41) is 4.34. The minimum absolute atomic E-state index is 0.710. The molecule has 1 aliphatic carbocycles. The number of rotatable bonds is 2. The lowest BCUT2D eigenvalue weighted by Crippen LogP contribution is -2.17. The zero-order valence-electron chi connectivity index (χ0n) is 8.62. The van der Waals surface area contributed by atoms with Crippen LogP contribution in [0.1, 0.15) is 44.2 Å². The Bertz CT molecular complexity index is 295. The Kier molecular flexibility index (Phi) is 3.26. The van der Waals surface area contributed by atoms with Crippen molar-refractivity contribution in [3.63, 3.8) is 0 Å². The average molecular weight is 257 g/mol. The maximum Gasteiger partial charge on any atom is 0.0492 e. The molecule has 2 nitrogen and oxygen atoms in total. The molecule has 0 spiro atoms. The zero-order valence-corrected chi connectivity index (χ0v) is 10.2. The number of aromatic nitrogens is 2. The summed E-state index contributed by atoms with van der Waals surface area (Å²) in [6.07, 6.45) is 7.20. The van der Waals surface area contributed by atoms with Gasteiger partial charge in [0.1, 0.15) is 0 Å². The largest absolute Gasteiger partial charge is 0.270 e. The number of nitrogens with zero attached hydrogens (tertiary/aromatic N) is 2. The Hall–Kier alpha value is -0.310. The van der Waals surface area contributed by atoms with Crippen molar-refractivity contribution in [2.45, 2.75) is 49.9 Å². The summed E-state index contributed by atoms with van der Waals surface area (Å²) >= 11 is 3.73. The standard InChI is InChI=1S/C11H17BrN2/c1-2-14-11(6-7-13-14)9-4-3-5-10(12)8-9/h6-7,9-10H,2-5,8H2,1H3. The minimum atomic E-state index is 0.710. The summed E-state index contributed by atoms with van der Waals surface area (Å²) in [5.41, 5.74) is 1.43. The Morgan fingerprint density at radius 2 is 2.43 bits per heavy atom. The van der Waals surface area contributed by atoms with Crippen LogP contribution in [0.2, 0.25) is 0 Å². The van der Waals surface area contributed by atoms with E-state index in [1.807, 2.05) is 6.20 Å². The van der Waals surface area contributed by atoms with E-state index in [9.17, 15) is 0 Å². The van der Waals surface area contributed by atoms with Gasteiger partial charge in [0.15, 0.2) is 0 Å². The Balaban J connectivity index is 2.13. The summed E-state index contributed by atoms with van der Waals surface area (Å²) < 4.78 is 2.13. The van der Waals surface area contributed by atoms with Crippen LogP contribution >= 0.6 is 15.9 Å². The highest BCUT2D eigenvalue weighted by Gasteiger charge is 2.23. The van der Waals surface area contributed by atoms with E-state index in [-0.39, 0.29) is 0 Å². The molecule has 1 saturated carbocycles. The normalized spacial score (nSPS) is 27.9. The molecular formula is C11H17BrN2. The lowest BCUT2D eigenvalue weighted by atomic mass is 9.87. The van der Waals surface area contributed by atoms with Gasteiger partial charge >= 0.3 is 0 Å². The second-order valence-electron chi connectivity index (χ2n) is 4.03. The van der Waals surface area contributed by atoms with Gasteiger partial charge in [0.2, 0.25) is 0 Å². The molecule has 3 heteroatoms. The molecule has 0 amide bonds. The molecular weight excluding hydrogens is 240 g/mol. The molecule has 0 aromatic carbocycles. The van der Waals surface area contributed by atoms with Gasteiger partial charge in [-0.25, -0.2) is 0 Å². The molecule has 2 rings (SSSR count). The highest BCUT2D eigenvalue weighted by molar-refractivity contribution is 9.09. The van der Waals surface area contributed by atoms with E-state index in [1.54, 1.807) is 0 Å². The predicted molar refractivity (Wildman–Crippen MR) is 61.8 cm³/mol. The first-order chi connectivity index (χ1) is 6.81. The first-order valence-electron chi connectivity index (χ1n) is 5.47. The molecule has 2 unspecified atom stereocenters. The number of hydrogen-bond donors (Lipinski definition) is 0. The van der Waals surface area contributed by atoms with E-state index in [0.717, 1.165) is 12.5 Å². The SMILES string of the molecule is CCn1nccc1C1CCCC(Br)C1. The van der Waals surface area contributed by atoms with Gasteiger partial charge in [-0.2, -0.15) is 5.10 Å². The molecule has 1 fully saturated rings. The smallest absolute Gasteiger partial charge is 0.0492 e. The Labute approximate surface area is 93.8 Å². The summed E-state index contributed by atoms with van der Waals surface area (Å²) in [7, 11) is 0. The maximum atomic E-state index is 4.34. The second kappa shape index (κ2) is 4.47. The third kappa shape index (κ3) is 2.02. The first kappa shape index (κ1) is 10.2. The number of alkyl halides is 1. The van der Waals surface area contributed by atoms with Crippen LogP contribution in [0, 0.1) is 0 Å². The van der Waals surface area contributed by atoms with E-state index in [1.165, 1.54) is 31.4 Å². The first-order valence-corrected chi connectivity index (χ1v) is 6.38. The minimum Gasteiger partial charge on any atom is -0.270 e. The van der Waals surface area contributed by atoms with Crippen LogP contribution in [0.3, 0.4) is 0 Å². The highest BCUT2D eigenvalue weighted by Crippen LogP contribution is 2.35. The van der Waals surface area contributed by atoms with E-state index >= 15 is 0 Å². The monoisotopic (exact) mass is 256 g/mol. The average Bonchev–Trinajstić information content (AvgIpc) is 2.65. The molecule has 14 heavy (non-hydrogen) atoms. The molecule has 1 heterocycles. The quantitative estimate of drug-likeness (QED) is 0.743. The van der Waals surface area contributed by atoms with Gasteiger partial charge in [-0.15, -0.1) is 0 Å². The van der Waals surface area contributed by atoms with Crippen LogP contribution in [0.15, 0.2) is 12.3 Å². The highest BCUT2D eigenvalue weighted by atomic mass is 79.9. The van der Waals surface area contributed by atoms with Crippen LogP contribution in [-0.2, 0) is 6.54 Å². The van der Waals surface area contributed by atoms with Crippen molar-refractivity contribution in [1.82, 2.24) is 9.78 Å². The number of halogens is 1.